The number of hydrogen-bond acceptors (Lipinski definition) is 2. The Balaban J connectivity index is 2.69. The van der Waals surface area contributed by atoms with Crippen molar-refractivity contribution in [3.05, 3.63) is 29.8 Å². The van der Waals surface area contributed by atoms with E-state index in [4.69, 9.17) is 11.6 Å². The second-order valence-corrected chi connectivity index (χ2v) is 4.32. The zero-order chi connectivity index (χ0) is 9.68. The Morgan fingerprint density at radius 3 is 2.46 bits per heavy atom. The van der Waals surface area contributed by atoms with Crippen LogP contribution in [0.3, 0.4) is 0 Å². The van der Waals surface area contributed by atoms with Crippen LogP contribution in [0.25, 0.3) is 0 Å². The molecule has 1 nitrogen and oxygen atoms in total. The van der Waals surface area contributed by atoms with Crippen LogP contribution >= 0.6 is 23.4 Å². The summed E-state index contributed by atoms with van der Waals surface area (Å²) in [6, 6.07) is 7.87. The number of benzene rings is 1. The lowest BCUT2D eigenvalue weighted by Crippen LogP contribution is -1.97. The minimum absolute atomic E-state index is 0.250. The minimum Gasteiger partial charge on any atom is -0.387 e. The highest BCUT2D eigenvalue weighted by Gasteiger charge is 2.04. The van der Waals surface area contributed by atoms with Gasteiger partial charge >= 0.3 is 0 Å². The molecule has 0 bridgehead atoms. The van der Waals surface area contributed by atoms with E-state index in [0.29, 0.717) is 0 Å². The van der Waals surface area contributed by atoms with Gasteiger partial charge in [-0.15, -0.1) is 23.4 Å². The van der Waals surface area contributed by atoms with Crippen LogP contribution in [-0.4, -0.2) is 16.7 Å². The Morgan fingerprint density at radius 1 is 1.38 bits per heavy atom. The van der Waals surface area contributed by atoms with Crippen LogP contribution in [0.4, 0.5) is 0 Å². The molecule has 1 rings (SSSR count). The van der Waals surface area contributed by atoms with E-state index < -0.39 is 6.10 Å². The first kappa shape index (κ1) is 10.9. The fourth-order valence-electron chi connectivity index (χ4n) is 1.04. The van der Waals surface area contributed by atoms with Gasteiger partial charge in [0, 0.05) is 4.90 Å². The molecule has 72 valence electrons. The third kappa shape index (κ3) is 3.22. The summed E-state index contributed by atoms with van der Waals surface area (Å²) in [6.45, 7) is 2.12. The van der Waals surface area contributed by atoms with Gasteiger partial charge in [-0.05, 0) is 23.4 Å². The fraction of sp³-hybridized carbons (Fsp3) is 0.400. The van der Waals surface area contributed by atoms with Crippen LogP contribution in [0, 0.1) is 0 Å². The summed E-state index contributed by atoms with van der Waals surface area (Å²) in [7, 11) is 0. The summed E-state index contributed by atoms with van der Waals surface area (Å²) >= 11 is 7.32. The lowest BCUT2D eigenvalue weighted by Gasteiger charge is -2.07. The third-order valence-corrected chi connectivity index (χ3v) is 2.91. The molecule has 13 heavy (non-hydrogen) atoms. The minimum atomic E-state index is -0.539. The maximum Gasteiger partial charge on any atom is 0.0925 e. The van der Waals surface area contributed by atoms with E-state index in [2.05, 4.69) is 6.92 Å². The van der Waals surface area contributed by atoms with Crippen molar-refractivity contribution >= 4 is 23.4 Å². The molecule has 0 saturated heterocycles. The summed E-state index contributed by atoms with van der Waals surface area (Å²) < 4.78 is 0. The van der Waals surface area contributed by atoms with Crippen LogP contribution in [0.2, 0.25) is 0 Å². The monoisotopic (exact) mass is 216 g/mol. The van der Waals surface area contributed by atoms with Crippen molar-refractivity contribution in [3.63, 3.8) is 0 Å². The first-order valence-corrected chi connectivity index (χ1v) is 5.76. The standard InChI is InChI=1S/C10H13ClOS/c1-2-13-9-5-3-8(4-6-9)10(12)7-11/h3-6,10,12H,2,7H2,1H3. The highest BCUT2D eigenvalue weighted by atomic mass is 35.5. The van der Waals surface area contributed by atoms with E-state index in [9.17, 15) is 5.11 Å². The van der Waals surface area contributed by atoms with Crippen LogP contribution < -0.4 is 0 Å². The molecule has 1 atom stereocenters. The molecule has 0 spiro atoms. The van der Waals surface area contributed by atoms with E-state index >= 15 is 0 Å². The molecule has 1 N–H and O–H groups in total. The number of rotatable bonds is 4. The Hall–Kier alpha value is -0.180. The smallest absolute Gasteiger partial charge is 0.0925 e. The molecule has 0 amide bonds. The molecule has 0 aliphatic carbocycles. The van der Waals surface area contributed by atoms with Gasteiger partial charge in [-0.25, -0.2) is 0 Å². The van der Waals surface area contributed by atoms with E-state index in [0.717, 1.165) is 11.3 Å². The average Bonchev–Trinajstić information content (AvgIpc) is 2.18. The highest BCUT2D eigenvalue weighted by Crippen LogP contribution is 2.21. The Morgan fingerprint density at radius 2 is 2.00 bits per heavy atom. The zero-order valence-electron chi connectivity index (χ0n) is 7.53. The molecule has 0 aromatic heterocycles. The summed E-state index contributed by atoms with van der Waals surface area (Å²) in [6.07, 6.45) is -0.539. The van der Waals surface area contributed by atoms with Crippen molar-refractivity contribution in [1.82, 2.24) is 0 Å². The first-order valence-electron chi connectivity index (χ1n) is 4.24. The van der Waals surface area contributed by atoms with Gasteiger partial charge in [-0.3, -0.25) is 0 Å². The molecule has 0 radical (unpaired) electrons. The molecule has 0 heterocycles. The maximum atomic E-state index is 9.41. The third-order valence-electron chi connectivity index (χ3n) is 1.72. The molecule has 3 heteroatoms. The van der Waals surface area contributed by atoms with E-state index in [-0.39, 0.29) is 5.88 Å². The highest BCUT2D eigenvalue weighted by molar-refractivity contribution is 7.99. The molecule has 0 aliphatic rings. The molecule has 1 aromatic rings. The molecule has 0 fully saturated rings. The molecule has 1 unspecified atom stereocenters. The van der Waals surface area contributed by atoms with Crippen molar-refractivity contribution in [1.29, 1.82) is 0 Å². The van der Waals surface area contributed by atoms with Gasteiger partial charge in [-0.1, -0.05) is 19.1 Å². The quantitative estimate of drug-likeness (QED) is 0.617. The SMILES string of the molecule is CCSc1ccc(C(O)CCl)cc1. The van der Waals surface area contributed by atoms with Gasteiger partial charge in [-0.2, -0.15) is 0 Å². The van der Waals surface area contributed by atoms with Gasteiger partial charge in [0.25, 0.3) is 0 Å². The second-order valence-electron chi connectivity index (χ2n) is 2.67. The maximum absolute atomic E-state index is 9.41. The Bertz CT molecular complexity index is 248. The number of hydrogen-bond donors (Lipinski definition) is 1. The van der Waals surface area contributed by atoms with Crippen LogP contribution in [0.5, 0.6) is 0 Å². The summed E-state index contributed by atoms with van der Waals surface area (Å²) in [5, 5.41) is 9.41. The predicted octanol–water partition coefficient (Wildman–Crippen LogP) is 3.07. The van der Waals surface area contributed by atoms with Crippen LogP contribution in [0.15, 0.2) is 29.2 Å². The number of aliphatic hydroxyl groups excluding tert-OH is 1. The fourth-order valence-corrected chi connectivity index (χ4v) is 1.88. The van der Waals surface area contributed by atoms with Crippen molar-refractivity contribution in [2.75, 3.05) is 11.6 Å². The van der Waals surface area contributed by atoms with Crippen LogP contribution in [0.1, 0.15) is 18.6 Å². The lowest BCUT2D eigenvalue weighted by molar-refractivity contribution is 0.202. The number of alkyl halides is 1. The molecular formula is C10H13ClOS. The first-order chi connectivity index (χ1) is 6.27. The normalized spacial score (nSPS) is 12.8. The van der Waals surface area contributed by atoms with Crippen molar-refractivity contribution in [3.8, 4) is 0 Å². The van der Waals surface area contributed by atoms with E-state index in [1.54, 1.807) is 11.8 Å². The Kier molecular flexibility index (Phi) is 4.64. The van der Waals surface area contributed by atoms with Gasteiger partial charge < -0.3 is 5.11 Å². The number of aliphatic hydroxyl groups is 1. The van der Waals surface area contributed by atoms with Crippen LogP contribution in [-0.2, 0) is 0 Å². The molecular weight excluding hydrogens is 204 g/mol. The summed E-state index contributed by atoms with van der Waals surface area (Å²) in [5.74, 6) is 1.32. The summed E-state index contributed by atoms with van der Waals surface area (Å²) in [4.78, 5) is 1.23. The van der Waals surface area contributed by atoms with Crippen molar-refractivity contribution in [2.24, 2.45) is 0 Å². The predicted molar refractivity (Wildman–Crippen MR) is 58.5 cm³/mol. The van der Waals surface area contributed by atoms with Crippen molar-refractivity contribution < 1.29 is 5.11 Å². The lowest BCUT2D eigenvalue weighted by atomic mass is 10.1. The second kappa shape index (κ2) is 5.53. The number of thioether (sulfide) groups is 1. The zero-order valence-corrected chi connectivity index (χ0v) is 9.11. The summed E-state index contributed by atoms with van der Waals surface area (Å²) in [5.41, 5.74) is 0.885. The molecule has 0 aliphatic heterocycles. The van der Waals surface area contributed by atoms with Gasteiger partial charge in [0.05, 0.1) is 12.0 Å². The van der Waals surface area contributed by atoms with Crippen molar-refractivity contribution in [2.45, 2.75) is 17.9 Å². The van der Waals surface area contributed by atoms with Gasteiger partial charge in [0.15, 0.2) is 0 Å². The van der Waals surface area contributed by atoms with Gasteiger partial charge in [0.2, 0.25) is 0 Å². The molecule has 1 aromatic carbocycles. The topological polar surface area (TPSA) is 20.2 Å². The van der Waals surface area contributed by atoms with Gasteiger partial charge in [0.1, 0.15) is 0 Å². The molecule has 0 saturated carbocycles. The Labute approximate surface area is 88.1 Å². The average molecular weight is 217 g/mol. The largest absolute Gasteiger partial charge is 0.387 e. The number of halogens is 1. The van der Waals surface area contributed by atoms with E-state index in [1.165, 1.54) is 4.90 Å². The van der Waals surface area contributed by atoms with E-state index in [1.807, 2.05) is 24.3 Å².